The third-order valence-corrected chi connectivity index (χ3v) is 6.03. The molecule has 0 fully saturated rings. The molecule has 0 spiro atoms. The van der Waals surface area contributed by atoms with Crippen molar-refractivity contribution >= 4 is 5.97 Å². The van der Waals surface area contributed by atoms with Crippen LogP contribution in [0.25, 0.3) is 0 Å². The average molecular weight is 448 g/mol. The van der Waals surface area contributed by atoms with Crippen molar-refractivity contribution in [1.29, 1.82) is 0 Å². The second-order valence-electron chi connectivity index (χ2n) is 9.25. The molecule has 1 heterocycles. The maximum absolute atomic E-state index is 9.92. The number of hydrogen-bond donors (Lipinski definition) is 0. The van der Waals surface area contributed by atoms with Crippen molar-refractivity contribution in [3.8, 4) is 0 Å². The quantitative estimate of drug-likeness (QED) is 0.144. The first-order chi connectivity index (χ1) is 15.7. The van der Waals surface area contributed by atoms with Crippen LogP contribution in [-0.2, 0) is 11.3 Å². The van der Waals surface area contributed by atoms with Crippen LogP contribution in [-0.4, -0.2) is 5.97 Å². The number of hydrogen-bond acceptors (Lipinski definition) is 2. The number of pyridine rings is 1. The normalized spacial score (nSPS) is 10.6. The zero-order valence-electron chi connectivity index (χ0n) is 21.5. The van der Waals surface area contributed by atoms with Gasteiger partial charge in [-0.2, -0.15) is 0 Å². The fraction of sp³-hybridized carbons (Fsp3) is 0.793. The number of aliphatic carboxylic acids is 1. The second kappa shape index (κ2) is 25.9. The standard InChI is InChI=1S/C21H38N.C8H16O2/c1-2-3-4-5-6-7-8-9-10-11-12-13-14-16-19-22-20-17-15-18-21-22;1-2-3-4-5-6-7-8(9)10/h15,17-18,20-21H,2-14,16,19H2,1H3;2-7H2,1H3,(H,9,10)/q+1;/p-1. The number of carboxylic acids is 1. The van der Waals surface area contributed by atoms with Gasteiger partial charge in [-0.25, -0.2) is 4.57 Å². The largest absolute Gasteiger partial charge is 0.550 e. The van der Waals surface area contributed by atoms with Crippen molar-refractivity contribution in [2.75, 3.05) is 0 Å². The third kappa shape index (κ3) is 24.9. The summed E-state index contributed by atoms with van der Waals surface area (Å²) in [5.74, 6) is -0.920. The smallest absolute Gasteiger partial charge is 0.168 e. The molecule has 3 heteroatoms. The molecule has 1 rings (SSSR count). The number of carbonyl (C=O) groups excluding carboxylic acids is 1. The highest BCUT2D eigenvalue weighted by atomic mass is 16.4. The number of carbonyl (C=O) groups is 1. The Labute approximate surface area is 200 Å². The molecule has 0 bridgehead atoms. The van der Waals surface area contributed by atoms with E-state index >= 15 is 0 Å². The van der Waals surface area contributed by atoms with Gasteiger partial charge in [0, 0.05) is 24.5 Å². The molecule has 0 N–H and O–H groups in total. The molecule has 0 saturated carbocycles. The Hall–Kier alpha value is -1.38. The Balaban J connectivity index is 0.000000809. The van der Waals surface area contributed by atoms with Gasteiger partial charge < -0.3 is 9.90 Å². The summed E-state index contributed by atoms with van der Waals surface area (Å²) in [5, 5.41) is 9.92. The number of unbranched alkanes of at least 4 members (excludes halogenated alkanes) is 17. The summed E-state index contributed by atoms with van der Waals surface area (Å²) in [6.07, 6.45) is 30.0. The number of aromatic nitrogens is 1. The van der Waals surface area contributed by atoms with Gasteiger partial charge in [0.05, 0.1) is 0 Å². The minimum atomic E-state index is -0.920. The molecule has 32 heavy (non-hydrogen) atoms. The summed E-state index contributed by atoms with van der Waals surface area (Å²) in [6, 6.07) is 6.31. The fourth-order valence-corrected chi connectivity index (χ4v) is 3.95. The molecule has 0 aromatic carbocycles. The van der Waals surface area contributed by atoms with E-state index < -0.39 is 5.97 Å². The Morgan fingerprint density at radius 1 is 0.562 bits per heavy atom. The van der Waals surface area contributed by atoms with Crippen molar-refractivity contribution < 1.29 is 14.5 Å². The van der Waals surface area contributed by atoms with Crippen molar-refractivity contribution in [2.45, 2.75) is 149 Å². The zero-order valence-corrected chi connectivity index (χ0v) is 21.5. The van der Waals surface area contributed by atoms with Crippen LogP contribution >= 0.6 is 0 Å². The lowest BCUT2D eigenvalue weighted by Gasteiger charge is -2.02. The van der Waals surface area contributed by atoms with Gasteiger partial charge in [0.2, 0.25) is 0 Å². The third-order valence-electron chi connectivity index (χ3n) is 6.03. The van der Waals surface area contributed by atoms with Crippen LogP contribution in [0.4, 0.5) is 0 Å². The monoisotopic (exact) mass is 447 g/mol. The Morgan fingerprint density at radius 3 is 1.34 bits per heavy atom. The summed E-state index contributed by atoms with van der Waals surface area (Å²) in [6.45, 7) is 5.61. The summed E-state index contributed by atoms with van der Waals surface area (Å²) < 4.78 is 2.29. The molecule has 0 aliphatic heterocycles. The SMILES string of the molecule is CCCCCCCC(=O)[O-].CCCCCCCCCCCCCCCC[n+]1ccccc1. The Morgan fingerprint density at radius 2 is 0.938 bits per heavy atom. The van der Waals surface area contributed by atoms with Gasteiger partial charge >= 0.3 is 0 Å². The van der Waals surface area contributed by atoms with Crippen molar-refractivity contribution in [2.24, 2.45) is 0 Å². The van der Waals surface area contributed by atoms with Gasteiger partial charge in [0.1, 0.15) is 6.54 Å². The van der Waals surface area contributed by atoms with E-state index in [1.165, 1.54) is 109 Å². The lowest BCUT2D eigenvalue weighted by atomic mass is 10.0. The molecule has 0 atom stereocenters. The van der Waals surface area contributed by atoms with Crippen molar-refractivity contribution in [3.63, 3.8) is 0 Å². The lowest BCUT2D eigenvalue weighted by molar-refractivity contribution is -0.697. The first-order valence-electron chi connectivity index (χ1n) is 13.8. The molecule has 1 aromatic heterocycles. The summed E-state index contributed by atoms with van der Waals surface area (Å²) >= 11 is 0. The van der Waals surface area contributed by atoms with Gasteiger partial charge in [0.25, 0.3) is 0 Å². The summed E-state index contributed by atoms with van der Waals surface area (Å²) in [4.78, 5) is 9.92. The molecule has 3 nitrogen and oxygen atoms in total. The van der Waals surface area contributed by atoms with Crippen LogP contribution in [0.1, 0.15) is 142 Å². The molecular formula is C29H53NO2. The van der Waals surface area contributed by atoms with E-state index in [4.69, 9.17) is 0 Å². The van der Waals surface area contributed by atoms with Gasteiger partial charge in [-0.15, -0.1) is 0 Å². The first kappa shape index (κ1) is 30.6. The number of carboxylic acid groups (broad SMARTS) is 1. The van der Waals surface area contributed by atoms with Gasteiger partial charge in [-0.05, 0) is 19.3 Å². The molecular weight excluding hydrogens is 394 g/mol. The Kier molecular flexibility index (Phi) is 24.8. The number of rotatable bonds is 21. The highest BCUT2D eigenvalue weighted by molar-refractivity contribution is 5.63. The predicted octanol–water partition coefficient (Wildman–Crippen LogP) is 7.55. The number of nitrogens with zero attached hydrogens (tertiary/aromatic N) is 1. The van der Waals surface area contributed by atoms with Gasteiger partial charge in [-0.1, -0.05) is 123 Å². The zero-order chi connectivity index (χ0) is 23.5. The van der Waals surface area contributed by atoms with Crippen molar-refractivity contribution in [3.05, 3.63) is 30.6 Å². The molecule has 0 unspecified atom stereocenters. The van der Waals surface area contributed by atoms with Crippen LogP contribution in [0.15, 0.2) is 30.6 Å². The molecule has 0 radical (unpaired) electrons. The van der Waals surface area contributed by atoms with E-state index in [9.17, 15) is 9.90 Å². The highest BCUT2D eigenvalue weighted by Crippen LogP contribution is 2.12. The van der Waals surface area contributed by atoms with E-state index in [-0.39, 0.29) is 6.42 Å². The van der Waals surface area contributed by atoms with E-state index in [1.54, 1.807) is 0 Å². The minimum absolute atomic E-state index is 0.226. The van der Waals surface area contributed by atoms with E-state index in [0.29, 0.717) is 0 Å². The predicted molar refractivity (Wildman–Crippen MR) is 135 cm³/mol. The molecule has 0 aliphatic carbocycles. The number of aryl methyl sites for hydroxylation is 1. The van der Waals surface area contributed by atoms with E-state index in [0.717, 1.165) is 19.3 Å². The fourth-order valence-electron chi connectivity index (χ4n) is 3.95. The molecule has 1 aromatic rings. The van der Waals surface area contributed by atoms with Crippen LogP contribution in [0.3, 0.4) is 0 Å². The maximum Gasteiger partial charge on any atom is 0.168 e. The minimum Gasteiger partial charge on any atom is -0.550 e. The summed E-state index contributed by atoms with van der Waals surface area (Å²) in [7, 11) is 0. The topological polar surface area (TPSA) is 44.0 Å². The van der Waals surface area contributed by atoms with E-state index in [2.05, 4.69) is 49.0 Å². The Bertz CT molecular complexity index is 489. The van der Waals surface area contributed by atoms with Crippen LogP contribution in [0, 0.1) is 0 Å². The molecule has 186 valence electrons. The van der Waals surface area contributed by atoms with Crippen LogP contribution < -0.4 is 9.67 Å². The molecule has 0 amide bonds. The summed E-state index contributed by atoms with van der Waals surface area (Å²) in [5.41, 5.74) is 0. The molecule has 0 saturated heterocycles. The lowest BCUT2D eigenvalue weighted by Crippen LogP contribution is -2.32. The second-order valence-corrected chi connectivity index (χ2v) is 9.25. The molecule has 0 aliphatic rings. The van der Waals surface area contributed by atoms with Crippen molar-refractivity contribution in [1.82, 2.24) is 0 Å². The van der Waals surface area contributed by atoms with Crippen LogP contribution in [0.5, 0.6) is 0 Å². The van der Waals surface area contributed by atoms with Gasteiger partial charge in [-0.3, -0.25) is 0 Å². The highest BCUT2D eigenvalue weighted by Gasteiger charge is 1.98. The van der Waals surface area contributed by atoms with Crippen LogP contribution in [0.2, 0.25) is 0 Å². The first-order valence-corrected chi connectivity index (χ1v) is 13.8. The van der Waals surface area contributed by atoms with Gasteiger partial charge in [0.15, 0.2) is 12.4 Å². The maximum atomic E-state index is 9.92. The van der Waals surface area contributed by atoms with E-state index in [1.807, 2.05) is 0 Å². The average Bonchev–Trinajstić information content (AvgIpc) is 2.80.